The summed E-state index contributed by atoms with van der Waals surface area (Å²) in [5.74, 6) is 0. The highest BCUT2D eigenvalue weighted by Crippen LogP contribution is 2.29. The largest absolute Gasteiger partial charge is 0.394 e. The van der Waals surface area contributed by atoms with Crippen molar-refractivity contribution in [3.8, 4) is 0 Å². The molecule has 2 N–H and O–H groups in total. The maximum atomic E-state index is 9.46. The Hall–Kier alpha value is -0.120. The van der Waals surface area contributed by atoms with Crippen LogP contribution in [0.1, 0.15) is 40.5 Å². The van der Waals surface area contributed by atoms with Gasteiger partial charge in [-0.2, -0.15) is 0 Å². The minimum Gasteiger partial charge on any atom is -0.394 e. The number of likely N-dealkylation sites (N-methyl/N-ethyl adjacent to an activating group) is 1. The molecule has 0 amide bonds. The summed E-state index contributed by atoms with van der Waals surface area (Å²) >= 11 is 0. The van der Waals surface area contributed by atoms with E-state index in [-0.39, 0.29) is 12.1 Å². The van der Waals surface area contributed by atoms with Crippen LogP contribution in [0.5, 0.6) is 0 Å². The van der Waals surface area contributed by atoms with Gasteiger partial charge in [-0.15, -0.1) is 0 Å². The van der Waals surface area contributed by atoms with Gasteiger partial charge in [-0.25, -0.2) is 0 Å². The molecule has 90 valence electrons. The van der Waals surface area contributed by atoms with Crippen LogP contribution in [0.4, 0.5) is 0 Å². The third-order valence-corrected chi connectivity index (χ3v) is 3.57. The van der Waals surface area contributed by atoms with Crippen LogP contribution in [-0.2, 0) is 0 Å². The first-order valence-corrected chi connectivity index (χ1v) is 6.04. The van der Waals surface area contributed by atoms with Gasteiger partial charge in [0.05, 0.1) is 12.1 Å². The van der Waals surface area contributed by atoms with Crippen molar-refractivity contribution in [3.05, 3.63) is 0 Å². The van der Waals surface area contributed by atoms with E-state index in [1.165, 1.54) is 12.8 Å². The molecule has 3 heteroatoms. The van der Waals surface area contributed by atoms with E-state index in [2.05, 4.69) is 37.9 Å². The monoisotopic (exact) mass is 214 g/mol. The van der Waals surface area contributed by atoms with E-state index in [1.54, 1.807) is 0 Å². The summed E-state index contributed by atoms with van der Waals surface area (Å²) in [4.78, 5) is 2.49. The Morgan fingerprint density at radius 3 is 2.53 bits per heavy atom. The molecule has 1 aliphatic rings. The van der Waals surface area contributed by atoms with Gasteiger partial charge >= 0.3 is 0 Å². The lowest BCUT2D eigenvalue weighted by Crippen LogP contribution is -2.56. The van der Waals surface area contributed by atoms with E-state index in [0.29, 0.717) is 5.54 Å². The van der Waals surface area contributed by atoms with Gasteiger partial charge in [0, 0.05) is 12.1 Å². The van der Waals surface area contributed by atoms with Gasteiger partial charge in [0.15, 0.2) is 0 Å². The summed E-state index contributed by atoms with van der Waals surface area (Å²) in [5, 5.41) is 12.8. The van der Waals surface area contributed by atoms with Gasteiger partial charge in [0.2, 0.25) is 0 Å². The zero-order valence-electron chi connectivity index (χ0n) is 10.6. The second-order valence-electron chi connectivity index (χ2n) is 5.59. The lowest BCUT2D eigenvalue weighted by atomic mass is 9.97. The smallest absolute Gasteiger partial charge is 0.0623 e. The Labute approximate surface area is 93.9 Å². The lowest BCUT2D eigenvalue weighted by molar-refractivity contribution is 0.0864. The van der Waals surface area contributed by atoms with Gasteiger partial charge in [0.1, 0.15) is 0 Å². The van der Waals surface area contributed by atoms with Crippen molar-refractivity contribution in [1.82, 2.24) is 10.2 Å². The summed E-state index contributed by atoms with van der Waals surface area (Å²) < 4.78 is 0. The highest BCUT2D eigenvalue weighted by Gasteiger charge is 2.36. The average Bonchev–Trinajstić information content (AvgIpc) is 2.46. The molecule has 0 spiro atoms. The number of nitrogens with one attached hydrogen (secondary N) is 1. The summed E-state index contributed by atoms with van der Waals surface area (Å²) in [6.45, 7) is 12.0. The molecule has 0 aromatic heterocycles. The van der Waals surface area contributed by atoms with Crippen molar-refractivity contribution in [1.29, 1.82) is 0 Å². The number of aliphatic hydroxyl groups is 1. The molecule has 1 rings (SSSR count). The van der Waals surface area contributed by atoms with Crippen molar-refractivity contribution in [2.45, 2.75) is 51.6 Å². The quantitative estimate of drug-likeness (QED) is 0.722. The number of hydrogen-bond donors (Lipinski definition) is 2. The average molecular weight is 214 g/mol. The minimum absolute atomic E-state index is 0.156. The molecule has 1 unspecified atom stereocenters. The van der Waals surface area contributed by atoms with Crippen molar-refractivity contribution >= 4 is 0 Å². The minimum atomic E-state index is -0.156. The van der Waals surface area contributed by atoms with Gasteiger partial charge in [0.25, 0.3) is 0 Å². The summed E-state index contributed by atoms with van der Waals surface area (Å²) in [5.41, 5.74) is 0.141. The predicted octanol–water partition coefficient (Wildman–Crippen LogP) is 1.22. The Balaban J connectivity index is 2.58. The number of likely N-dealkylation sites (tertiary alicyclic amines) is 1. The number of nitrogens with zero attached hydrogens (tertiary/aromatic N) is 1. The zero-order valence-corrected chi connectivity index (χ0v) is 10.6. The molecular formula is C12H26N2O. The third-order valence-electron chi connectivity index (χ3n) is 3.57. The molecule has 0 bridgehead atoms. The van der Waals surface area contributed by atoms with E-state index >= 15 is 0 Å². The van der Waals surface area contributed by atoms with E-state index < -0.39 is 0 Å². The fraction of sp³-hybridized carbons (Fsp3) is 1.00. The van der Waals surface area contributed by atoms with Crippen LogP contribution in [0.15, 0.2) is 0 Å². The zero-order chi connectivity index (χ0) is 11.5. The molecule has 1 saturated heterocycles. The molecule has 15 heavy (non-hydrogen) atoms. The van der Waals surface area contributed by atoms with Gasteiger partial charge in [-0.05, 0) is 46.7 Å². The summed E-state index contributed by atoms with van der Waals surface area (Å²) in [6, 6.07) is 0. The van der Waals surface area contributed by atoms with Gasteiger partial charge in [-0.3, -0.25) is 4.90 Å². The maximum absolute atomic E-state index is 9.46. The first-order valence-electron chi connectivity index (χ1n) is 6.04. The molecule has 0 aromatic rings. The fourth-order valence-corrected chi connectivity index (χ4v) is 2.47. The molecule has 1 fully saturated rings. The van der Waals surface area contributed by atoms with Crippen molar-refractivity contribution < 1.29 is 5.11 Å². The highest BCUT2D eigenvalue weighted by molar-refractivity contribution is 4.94. The first kappa shape index (κ1) is 12.9. The van der Waals surface area contributed by atoms with Crippen LogP contribution in [0.3, 0.4) is 0 Å². The summed E-state index contributed by atoms with van der Waals surface area (Å²) in [6.07, 6.45) is 2.54. The van der Waals surface area contributed by atoms with E-state index in [0.717, 1.165) is 19.6 Å². The second-order valence-corrected chi connectivity index (χ2v) is 5.59. The highest BCUT2D eigenvalue weighted by atomic mass is 16.3. The molecular weight excluding hydrogens is 188 g/mol. The van der Waals surface area contributed by atoms with Crippen LogP contribution in [0, 0.1) is 0 Å². The number of aliphatic hydroxyl groups excluding tert-OH is 1. The standard InChI is InChI=1S/C12H26N2O/c1-5-13-12(4,10-15)9-14-8-6-7-11(14,2)3/h13,15H,5-10H2,1-4H3. The van der Waals surface area contributed by atoms with E-state index in [1.807, 2.05) is 0 Å². The first-order chi connectivity index (χ1) is 6.93. The Kier molecular flexibility index (Phi) is 4.15. The lowest BCUT2D eigenvalue weighted by Gasteiger charge is -2.39. The summed E-state index contributed by atoms with van der Waals surface area (Å²) in [7, 11) is 0. The molecule has 1 heterocycles. The van der Waals surface area contributed by atoms with E-state index in [9.17, 15) is 5.11 Å². The molecule has 1 aliphatic heterocycles. The van der Waals surface area contributed by atoms with Gasteiger partial charge in [-0.1, -0.05) is 6.92 Å². The SMILES string of the molecule is CCNC(C)(CO)CN1CCCC1(C)C. The van der Waals surface area contributed by atoms with Crippen LogP contribution in [-0.4, -0.2) is 47.3 Å². The van der Waals surface area contributed by atoms with E-state index in [4.69, 9.17) is 0 Å². The maximum Gasteiger partial charge on any atom is 0.0623 e. The predicted molar refractivity (Wildman–Crippen MR) is 64.1 cm³/mol. The molecule has 0 aromatic carbocycles. The van der Waals surface area contributed by atoms with Crippen LogP contribution < -0.4 is 5.32 Å². The molecule has 0 radical (unpaired) electrons. The second kappa shape index (κ2) is 4.81. The topological polar surface area (TPSA) is 35.5 Å². The number of hydrogen-bond acceptors (Lipinski definition) is 3. The van der Waals surface area contributed by atoms with Crippen molar-refractivity contribution in [2.24, 2.45) is 0 Å². The normalized spacial score (nSPS) is 25.4. The third kappa shape index (κ3) is 3.16. The Bertz CT molecular complexity index is 206. The van der Waals surface area contributed by atoms with Crippen molar-refractivity contribution in [2.75, 3.05) is 26.2 Å². The molecule has 3 nitrogen and oxygen atoms in total. The molecule has 1 atom stereocenters. The molecule has 0 saturated carbocycles. The Morgan fingerprint density at radius 2 is 2.13 bits per heavy atom. The van der Waals surface area contributed by atoms with Crippen LogP contribution in [0.2, 0.25) is 0 Å². The van der Waals surface area contributed by atoms with Crippen LogP contribution in [0.25, 0.3) is 0 Å². The number of rotatable bonds is 5. The van der Waals surface area contributed by atoms with Gasteiger partial charge < -0.3 is 10.4 Å². The Morgan fingerprint density at radius 1 is 1.47 bits per heavy atom. The van der Waals surface area contributed by atoms with Crippen molar-refractivity contribution in [3.63, 3.8) is 0 Å². The fourth-order valence-electron chi connectivity index (χ4n) is 2.47. The molecule has 0 aliphatic carbocycles. The van der Waals surface area contributed by atoms with Crippen LogP contribution >= 0.6 is 0 Å².